The van der Waals surface area contributed by atoms with Crippen molar-refractivity contribution >= 4 is 31.7 Å². The Morgan fingerprint density at radius 2 is 0.491 bits per heavy atom. The van der Waals surface area contributed by atoms with Crippen molar-refractivity contribution in [1.29, 1.82) is 0 Å². The van der Waals surface area contributed by atoms with E-state index in [2.05, 4.69) is 83.1 Å². The molecule has 55 heavy (non-hydrogen) atoms. The fourth-order valence-corrected chi connectivity index (χ4v) is 15.6. The Bertz CT molecular complexity index is 579. The molecular weight excluding hydrogens is 1130 g/mol. The first-order valence-corrected chi connectivity index (χ1v) is 28.8. The van der Waals surface area contributed by atoms with Gasteiger partial charge in [-0.2, -0.15) is 14.0 Å². The molecule has 0 bridgehead atoms. The van der Waals surface area contributed by atoms with Crippen molar-refractivity contribution in [3.05, 3.63) is 27.7 Å². The Kier molecular flexibility index (Phi) is 70.7. The van der Waals surface area contributed by atoms with Gasteiger partial charge in [0.15, 0.2) is 0 Å². The van der Waals surface area contributed by atoms with Gasteiger partial charge in [0.25, 0.3) is 0 Å². The van der Waals surface area contributed by atoms with Gasteiger partial charge in [-0.1, -0.05) is 107 Å². The van der Waals surface area contributed by atoms with E-state index in [1.165, 1.54) is 152 Å². The van der Waals surface area contributed by atoms with Crippen LogP contribution in [0.1, 0.15) is 158 Å². The van der Waals surface area contributed by atoms with E-state index in [0.29, 0.717) is 0 Å². The zero-order valence-electron chi connectivity index (χ0n) is 36.3. The predicted molar refractivity (Wildman–Crippen MR) is 227 cm³/mol. The second-order valence-corrected chi connectivity index (χ2v) is 24.8. The van der Waals surface area contributed by atoms with E-state index in [9.17, 15) is 0 Å². The summed E-state index contributed by atoms with van der Waals surface area (Å²) in [5.41, 5.74) is 0. The van der Waals surface area contributed by atoms with Gasteiger partial charge in [0.05, 0.1) is 14.9 Å². The van der Waals surface area contributed by atoms with E-state index in [1.54, 1.807) is 0 Å². The molecule has 0 aliphatic rings. The molecule has 0 spiro atoms. The van der Waals surface area contributed by atoms with Crippen LogP contribution in [0.15, 0.2) is 0 Å². The number of hydrogen-bond acceptors (Lipinski definition) is 6. The van der Waals surface area contributed by atoms with Crippen LogP contribution in [0.3, 0.4) is 0 Å². The van der Waals surface area contributed by atoms with Gasteiger partial charge >= 0.3 is 0 Å². The third-order valence-electron chi connectivity index (χ3n) is 8.65. The first kappa shape index (κ1) is 73.8. The fraction of sp³-hybridized carbons (Fsp3) is 0.900. The van der Waals surface area contributed by atoms with E-state index in [0.717, 1.165) is 0 Å². The Morgan fingerprint density at radius 1 is 0.382 bits per heavy atom. The van der Waals surface area contributed by atoms with Crippen LogP contribution in [0.5, 0.6) is 0 Å². The monoisotopic (exact) mass is 1210 g/mol. The molecule has 0 amide bonds. The summed E-state index contributed by atoms with van der Waals surface area (Å²) < 4.78 is 45.5. The second kappa shape index (κ2) is 52.7. The molecule has 0 aliphatic carbocycles. The van der Waals surface area contributed by atoms with Crippen LogP contribution >= 0.6 is 31.7 Å². The Morgan fingerprint density at radius 3 is 0.582 bits per heavy atom. The van der Waals surface area contributed by atoms with E-state index in [4.69, 9.17) is 28.1 Å². The zero-order valence-corrected chi connectivity index (χ0v) is 48.0. The van der Waals surface area contributed by atoms with Crippen LogP contribution in [0.4, 0.5) is 0 Å². The van der Waals surface area contributed by atoms with Crippen molar-refractivity contribution in [2.75, 3.05) is 49.3 Å². The number of hydrogen-bond donors (Lipinski definition) is 1. The Hall–Kier alpha value is 4.37. The van der Waals surface area contributed by atoms with Crippen molar-refractivity contribution in [2.24, 2.45) is 0 Å². The summed E-state index contributed by atoms with van der Waals surface area (Å²) in [5.74, 6) is 0.774. The fourth-order valence-electron chi connectivity index (χ4n) is 5.20. The van der Waals surface area contributed by atoms with Crippen LogP contribution < -0.4 is 14.0 Å². The normalized spacial score (nSPS) is 13.3. The van der Waals surface area contributed by atoms with Crippen LogP contribution in [-0.4, -0.2) is 77.3 Å². The predicted octanol–water partition coefficient (Wildman–Crippen LogP) is 10.8. The summed E-state index contributed by atoms with van der Waals surface area (Å²) in [6.45, 7) is 35.9. The minimum absolute atomic E-state index is 0. The molecule has 0 fully saturated rings. The molecule has 6 nitrogen and oxygen atoms in total. The maximum atomic E-state index is 8.60. The second-order valence-electron chi connectivity index (χ2n) is 13.5. The van der Waals surface area contributed by atoms with E-state index >= 15 is 0 Å². The molecule has 0 saturated heterocycles. The largest absolute Gasteiger partial charge is 0.430 e. The minimum Gasteiger partial charge on any atom is -0.430 e. The van der Waals surface area contributed by atoms with Gasteiger partial charge in [0.2, 0.25) is 0 Å². The van der Waals surface area contributed by atoms with Gasteiger partial charge in [-0.05, 0) is 124 Å². The summed E-state index contributed by atoms with van der Waals surface area (Å²) in [7, 11) is -5.01. The van der Waals surface area contributed by atoms with Crippen LogP contribution in [0, 0.1) is 37.9 Å². The Balaban J connectivity index is -0.000000140. The van der Waals surface area contributed by atoms with Gasteiger partial charge in [-0.3, -0.25) is 0 Å². The first-order valence-electron chi connectivity index (χ1n) is 20.4. The van der Waals surface area contributed by atoms with Gasteiger partial charge in [-0.15, -0.1) is 31.7 Å². The average Bonchev–Trinajstić information content (AvgIpc) is 3.07. The van der Waals surface area contributed by atoms with Gasteiger partial charge in [-0.25, -0.2) is 0 Å². The zero-order chi connectivity index (χ0) is 39.5. The quantitative estimate of drug-likeness (QED) is 0.0531. The minimum atomic E-state index is -4.69. The molecule has 4 radical (unpaired) electrons. The molecule has 0 aromatic heterocycles. The topological polar surface area (TPSA) is 108 Å². The van der Waals surface area contributed by atoms with Gasteiger partial charge in [0, 0.05) is 80.4 Å². The van der Waals surface area contributed by atoms with Crippen LogP contribution in [-0.2, 0) is 89.9 Å². The van der Waals surface area contributed by atoms with Crippen molar-refractivity contribution in [3.63, 3.8) is 0 Å². The number of rotatable bonds is 32. The summed E-state index contributed by atoms with van der Waals surface area (Å²) in [5, 5.41) is 0. The van der Waals surface area contributed by atoms with E-state index in [1.807, 2.05) is 0 Å². The summed E-state index contributed by atoms with van der Waals surface area (Å²) in [6, 6.07) is 0. The maximum Gasteiger partial charge on any atom is 0.0777 e. The number of unbranched alkanes of at least 4 members (excludes halogenated alkanes) is 8. The summed E-state index contributed by atoms with van der Waals surface area (Å²) in [4.78, 5) is 0. The van der Waals surface area contributed by atoms with Crippen molar-refractivity contribution in [2.45, 2.75) is 182 Å². The van der Waals surface area contributed by atoms with Gasteiger partial charge < -0.3 is 37.2 Å². The average molecular weight is 1210 g/mol. The molecule has 0 rings (SSSR count). The molecule has 4 atom stereocenters. The summed E-state index contributed by atoms with van der Waals surface area (Å²) >= 11 is 0. The third-order valence-corrected chi connectivity index (χ3v) is 19.5. The molecule has 1 N–H and O–H groups in total. The van der Waals surface area contributed by atoms with E-state index < -0.39 is 10.2 Å². The first-order chi connectivity index (χ1) is 24.2. The molecule has 0 heterocycles. The molecule has 0 saturated carbocycles. The van der Waals surface area contributed by atoms with Crippen LogP contribution in [0.25, 0.3) is 0 Å². The van der Waals surface area contributed by atoms with Crippen LogP contribution in [0.2, 0.25) is 0 Å². The Labute approximate surface area is 405 Å². The van der Waals surface area contributed by atoms with E-state index in [-0.39, 0.29) is 135 Å². The molecule has 4 unspecified atom stereocenters. The van der Waals surface area contributed by atoms with Crippen molar-refractivity contribution in [1.82, 2.24) is 0 Å². The molecular formula is C40H85ClO6P4Tc4-4. The SMILES string of the molecule is [CH2-]C(OC([CH2-])P(CCCC)CCCC)P(CCCC)CCCC.[CH2-]C(OC([CH2-])P(CCCC)CCCC)P(CCCC)CCCC.[O-][Cl+3]([O-])([O-])O.[Tc].[Tc].[Tc].[Tc]. The standard InChI is InChI=1S/2C20H42OP2.ClHO4.4Tc/c2*1-7-11-15-22(16-12-8-2)19(5)21-20(6)23(17-13-9-3)18-14-10-4;2-1(3,4)5;;;;/h2*19-20H,5-18H2,1-4H3;(H,2,3,4,5);;;;/q2*-2;;;;;. The van der Waals surface area contributed by atoms with Gasteiger partial charge in [0.1, 0.15) is 0 Å². The molecule has 0 aromatic rings. The van der Waals surface area contributed by atoms with Crippen molar-refractivity contribution < 1.29 is 119 Å². The third kappa shape index (κ3) is 50.9. The van der Waals surface area contributed by atoms with Crippen molar-refractivity contribution in [3.8, 4) is 0 Å². The molecule has 0 aliphatic heterocycles. The molecule has 340 valence electrons. The molecule has 0 aromatic carbocycles. The smallest absolute Gasteiger partial charge is 0.0777 e. The summed E-state index contributed by atoms with van der Waals surface area (Å²) in [6.07, 6.45) is 31.5. The molecule has 15 heteroatoms. The number of halogens is 1. The maximum absolute atomic E-state index is 8.60. The number of ether oxygens (including phenoxy) is 2.